The molecule has 7 nitrogen and oxygen atoms in total. The molecule has 0 saturated heterocycles. The monoisotopic (exact) mass is 390 g/mol. The Morgan fingerprint density at radius 1 is 1.04 bits per heavy atom. The Morgan fingerprint density at radius 3 is 2.57 bits per heavy atom. The van der Waals surface area contributed by atoms with Gasteiger partial charge in [-0.1, -0.05) is 60.3 Å². The van der Waals surface area contributed by atoms with Crippen LogP contribution in [-0.2, 0) is 5.75 Å². The van der Waals surface area contributed by atoms with Crippen molar-refractivity contribution in [3.63, 3.8) is 0 Å². The predicted molar refractivity (Wildman–Crippen MR) is 106 cm³/mol. The van der Waals surface area contributed by atoms with Gasteiger partial charge in [0.1, 0.15) is 6.33 Å². The molecule has 0 bridgehead atoms. The lowest BCUT2D eigenvalue weighted by Crippen LogP contribution is -2.12. The maximum absolute atomic E-state index is 13.1. The fourth-order valence-corrected chi connectivity index (χ4v) is 3.73. The quantitative estimate of drug-likeness (QED) is 0.286. The Morgan fingerprint density at radius 2 is 1.79 bits per heavy atom. The predicted octanol–water partition coefficient (Wildman–Crippen LogP) is 4.32. The number of carbonyl (C=O) groups excluding carboxylic acids is 1. The second kappa shape index (κ2) is 7.61. The molecule has 0 spiro atoms. The molecule has 0 aliphatic rings. The molecule has 4 rings (SSSR count). The molecule has 8 heteroatoms. The van der Waals surface area contributed by atoms with Gasteiger partial charge in [-0.05, 0) is 22.4 Å². The molecule has 0 amide bonds. The van der Waals surface area contributed by atoms with E-state index in [0.29, 0.717) is 16.5 Å². The van der Waals surface area contributed by atoms with Crippen LogP contribution in [-0.4, -0.2) is 25.6 Å². The number of thioether (sulfide) groups is 1. The van der Waals surface area contributed by atoms with Crippen LogP contribution >= 0.6 is 11.8 Å². The number of benzene rings is 3. The topological polar surface area (TPSA) is 90.9 Å². The van der Waals surface area contributed by atoms with E-state index in [9.17, 15) is 14.9 Å². The number of hydrogen-bond acceptors (Lipinski definition) is 6. The Kier molecular flexibility index (Phi) is 4.86. The van der Waals surface area contributed by atoms with Crippen LogP contribution in [0.2, 0.25) is 0 Å². The summed E-state index contributed by atoms with van der Waals surface area (Å²) >= 11 is 1.35. The number of aromatic nitrogens is 3. The zero-order valence-electron chi connectivity index (χ0n) is 14.6. The zero-order valence-corrected chi connectivity index (χ0v) is 15.4. The van der Waals surface area contributed by atoms with Crippen molar-refractivity contribution in [3.8, 4) is 0 Å². The molecule has 28 heavy (non-hydrogen) atoms. The van der Waals surface area contributed by atoms with Gasteiger partial charge in [-0.15, -0.1) is 10.2 Å². The Balaban J connectivity index is 1.57. The van der Waals surface area contributed by atoms with Crippen LogP contribution in [0.25, 0.3) is 10.8 Å². The van der Waals surface area contributed by atoms with Gasteiger partial charge < -0.3 is 0 Å². The highest BCUT2D eigenvalue weighted by atomic mass is 32.2. The summed E-state index contributed by atoms with van der Waals surface area (Å²) in [6.07, 6.45) is 1.41. The van der Waals surface area contributed by atoms with E-state index < -0.39 is 4.92 Å². The van der Waals surface area contributed by atoms with Gasteiger partial charge in [0.2, 0.25) is 0 Å². The first-order valence-corrected chi connectivity index (χ1v) is 9.40. The van der Waals surface area contributed by atoms with Gasteiger partial charge in [0.15, 0.2) is 5.16 Å². The molecule has 0 unspecified atom stereocenters. The first kappa shape index (κ1) is 17.9. The van der Waals surface area contributed by atoms with E-state index in [2.05, 4.69) is 10.2 Å². The van der Waals surface area contributed by atoms with Crippen LogP contribution in [0.15, 0.2) is 78.2 Å². The average Bonchev–Trinajstić information content (AvgIpc) is 3.20. The SMILES string of the molecule is O=C(c1cccc2ccccc12)n1cnnc1SCc1ccc([N+](=O)[O-])cc1. The van der Waals surface area contributed by atoms with E-state index in [4.69, 9.17) is 0 Å². The van der Waals surface area contributed by atoms with E-state index >= 15 is 0 Å². The van der Waals surface area contributed by atoms with Gasteiger partial charge in [-0.3, -0.25) is 14.9 Å². The molecule has 0 N–H and O–H groups in total. The van der Waals surface area contributed by atoms with E-state index in [0.717, 1.165) is 16.3 Å². The molecule has 0 aliphatic heterocycles. The summed E-state index contributed by atoms with van der Waals surface area (Å²) in [5, 5.41) is 21.0. The summed E-state index contributed by atoms with van der Waals surface area (Å²) < 4.78 is 1.43. The number of hydrogen-bond donors (Lipinski definition) is 0. The summed E-state index contributed by atoms with van der Waals surface area (Å²) in [6.45, 7) is 0. The highest BCUT2D eigenvalue weighted by molar-refractivity contribution is 7.98. The smallest absolute Gasteiger partial charge is 0.268 e. The lowest BCUT2D eigenvalue weighted by atomic mass is 10.0. The first-order valence-electron chi connectivity index (χ1n) is 8.42. The van der Waals surface area contributed by atoms with E-state index in [1.807, 2.05) is 36.4 Å². The third-order valence-corrected chi connectivity index (χ3v) is 5.28. The van der Waals surface area contributed by atoms with Gasteiger partial charge in [0, 0.05) is 23.4 Å². The van der Waals surface area contributed by atoms with Crippen LogP contribution in [0.3, 0.4) is 0 Å². The summed E-state index contributed by atoms with van der Waals surface area (Å²) in [4.78, 5) is 23.4. The summed E-state index contributed by atoms with van der Waals surface area (Å²) in [5.74, 6) is 0.312. The molecule has 1 aromatic heterocycles. The number of non-ortho nitro benzene ring substituents is 1. The van der Waals surface area contributed by atoms with Crippen molar-refractivity contribution in [1.29, 1.82) is 0 Å². The summed E-state index contributed by atoms with van der Waals surface area (Å²) in [6, 6.07) is 19.6. The fourth-order valence-electron chi connectivity index (χ4n) is 2.87. The minimum Gasteiger partial charge on any atom is -0.268 e. The van der Waals surface area contributed by atoms with Gasteiger partial charge >= 0.3 is 0 Å². The molecule has 0 aliphatic carbocycles. The molecule has 0 atom stereocenters. The molecule has 4 aromatic rings. The second-order valence-electron chi connectivity index (χ2n) is 6.03. The van der Waals surface area contributed by atoms with Crippen molar-refractivity contribution in [3.05, 3.63) is 94.3 Å². The van der Waals surface area contributed by atoms with Crippen molar-refractivity contribution in [2.45, 2.75) is 10.9 Å². The van der Waals surface area contributed by atoms with E-state index in [-0.39, 0.29) is 11.6 Å². The number of nitro groups is 1. The van der Waals surface area contributed by atoms with Crippen LogP contribution in [0, 0.1) is 10.1 Å². The molecule has 0 fully saturated rings. The van der Waals surface area contributed by atoms with Crippen LogP contribution in [0.5, 0.6) is 0 Å². The zero-order chi connectivity index (χ0) is 19.5. The largest absolute Gasteiger partial charge is 0.269 e. The number of nitro benzene ring substituents is 1. The van der Waals surface area contributed by atoms with Crippen LogP contribution < -0.4 is 0 Å². The van der Waals surface area contributed by atoms with Crippen molar-refractivity contribution in [2.75, 3.05) is 0 Å². The average molecular weight is 390 g/mol. The molecule has 3 aromatic carbocycles. The molecule has 0 radical (unpaired) electrons. The highest BCUT2D eigenvalue weighted by Crippen LogP contribution is 2.25. The number of carbonyl (C=O) groups is 1. The van der Waals surface area contributed by atoms with Crippen LogP contribution in [0.4, 0.5) is 5.69 Å². The lowest BCUT2D eigenvalue weighted by molar-refractivity contribution is -0.384. The van der Waals surface area contributed by atoms with Gasteiger partial charge in [-0.2, -0.15) is 0 Å². The number of fused-ring (bicyclic) bond motifs is 1. The van der Waals surface area contributed by atoms with E-state index in [1.54, 1.807) is 18.2 Å². The lowest BCUT2D eigenvalue weighted by Gasteiger charge is -2.08. The van der Waals surface area contributed by atoms with Gasteiger partial charge in [0.05, 0.1) is 4.92 Å². The maximum Gasteiger partial charge on any atom is 0.269 e. The molecule has 138 valence electrons. The van der Waals surface area contributed by atoms with Crippen molar-refractivity contribution < 1.29 is 9.72 Å². The Labute approximate surface area is 164 Å². The van der Waals surface area contributed by atoms with Crippen molar-refractivity contribution >= 4 is 34.1 Å². The number of rotatable bonds is 5. The normalized spacial score (nSPS) is 10.9. The summed E-state index contributed by atoms with van der Waals surface area (Å²) in [7, 11) is 0. The molecular weight excluding hydrogens is 376 g/mol. The first-order chi connectivity index (χ1) is 13.6. The standard InChI is InChI=1S/C20H14N4O3S/c25-19(18-7-3-5-15-4-1-2-6-17(15)18)23-13-21-22-20(23)28-12-14-8-10-16(11-9-14)24(26)27/h1-11,13H,12H2. The molecular formula is C20H14N4O3S. The van der Waals surface area contributed by atoms with Crippen LogP contribution in [0.1, 0.15) is 15.9 Å². The highest BCUT2D eigenvalue weighted by Gasteiger charge is 2.17. The molecule has 1 heterocycles. The fraction of sp³-hybridized carbons (Fsp3) is 0.0500. The Hall–Kier alpha value is -3.52. The third-order valence-electron chi connectivity index (χ3n) is 4.27. The third kappa shape index (κ3) is 3.49. The Bertz CT molecular complexity index is 1170. The number of nitrogens with zero attached hydrogens (tertiary/aromatic N) is 4. The minimum atomic E-state index is -0.434. The maximum atomic E-state index is 13.1. The van der Waals surface area contributed by atoms with Crippen molar-refractivity contribution in [1.82, 2.24) is 14.8 Å². The van der Waals surface area contributed by atoms with Gasteiger partial charge in [0.25, 0.3) is 11.6 Å². The van der Waals surface area contributed by atoms with Crippen molar-refractivity contribution in [2.24, 2.45) is 0 Å². The summed E-state index contributed by atoms with van der Waals surface area (Å²) in [5.41, 5.74) is 1.51. The van der Waals surface area contributed by atoms with Gasteiger partial charge in [-0.25, -0.2) is 4.57 Å². The van der Waals surface area contributed by atoms with E-state index in [1.165, 1.54) is 34.8 Å². The minimum absolute atomic E-state index is 0.0445. The second-order valence-corrected chi connectivity index (χ2v) is 6.97. The molecule has 0 saturated carbocycles.